The van der Waals surface area contributed by atoms with Crippen molar-refractivity contribution in [1.82, 2.24) is 0 Å². The predicted octanol–water partition coefficient (Wildman–Crippen LogP) is 1.71. The molecule has 0 aromatic rings. The minimum absolute atomic E-state index is 0.345. The minimum Gasteiger partial charge on any atom is -0.481 e. The number of carboxylic acids is 1. The Morgan fingerprint density at radius 3 is 2.40 bits per heavy atom. The van der Waals surface area contributed by atoms with E-state index in [-0.39, 0.29) is 5.92 Å². The molecule has 2 heteroatoms. The molecule has 0 amide bonds. The van der Waals surface area contributed by atoms with Crippen molar-refractivity contribution in [2.24, 2.45) is 11.8 Å². The fourth-order valence-corrected chi connectivity index (χ4v) is 1.56. The Labute approximate surface area is 61.2 Å². The van der Waals surface area contributed by atoms with Gasteiger partial charge in [-0.15, -0.1) is 0 Å². The zero-order valence-electron chi connectivity index (χ0n) is 6.05. The largest absolute Gasteiger partial charge is 0.481 e. The summed E-state index contributed by atoms with van der Waals surface area (Å²) >= 11 is 0. The van der Waals surface area contributed by atoms with Crippen LogP contribution in [0.2, 0.25) is 0 Å². The van der Waals surface area contributed by atoms with Crippen molar-refractivity contribution in [3.05, 3.63) is 6.92 Å². The maximum atomic E-state index is 10.4. The Morgan fingerprint density at radius 2 is 2.00 bits per heavy atom. The summed E-state index contributed by atoms with van der Waals surface area (Å²) in [6, 6.07) is 0. The number of carboxylic acid groups (broad SMARTS) is 1. The lowest BCUT2D eigenvalue weighted by Gasteiger charge is -2.12. The van der Waals surface area contributed by atoms with Crippen LogP contribution in [-0.2, 0) is 4.79 Å². The molecule has 0 aliphatic heterocycles. The molecule has 0 aromatic heterocycles. The van der Waals surface area contributed by atoms with Gasteiger partial charge in [0.15, 0.2) is 0 Å². The highest BCUT2D eigenvalue weighted by atomic mass is 16.4. The molecule has 1 rings (SSSR count). The van der Waals surface area contributed by atoms with Gasteiger partial charge in [-0.1, -0.05) is 12.8 Å². The quantitative estimate of drug-likeness (QED) is 0.635. The van der Waals surface area contributed by atoms with Crippen molar-refractivity contribution >= 4 is 5.97 Å². The molecule has 1 saturated carbocycles. The van der Waals surface area contributed by atoms with E-state index in [1.54, 1.807) is 0 Å². The monoisotopic (exact) mass is 141 g/mol. The van der Waals surface area contributed by atoms with Crippen molar-refractivity contribution in [3.63, 3.8) is 0 Å². The second-order valence-electron chi connectivity index (χ2n) is 2.99. The molecule has 1 aliphatic rings. The van der Waals surface area contributed by atoms with Crippen molar-refractivity contribution in [1.29, 1.82) is 0 Å². The first-order valence-electron chi connectivity index (χ1n) is 3.77. The molecule has 1 radical (unpaired) electrons. The van der Waals surface area contributed by atoms with Gasteiger partial charge in [0.25, 0.3) is 0 Å². The molecule has 2 nitrogen and oxygen atoms in total. The molecule has 1 aliphatic carbocycles. The highest BCUT2D eigenvalue weighted by Crippen LogP contribution is 2.30. The van der Waals surface area contributed by atoms with Crippen molar-refractivity contribution in [2.45, 2.75) is 25.7 Å². The summed E-state index contributed by atoms with van der Waals surface area (Å²) in [7, 11) is 0. The molecule has 1 atom stereocenters. The van der Waals surface area contributed by atoms with Gasteiger partial charge >= 0.3 is 5.97 Å². The zero-order chi connectivity index (χ0) is 7.56. The van der Waals surface area contributed by atoms with Crippen LogP contribution in [0.4, 0.5) is 0 Å². The third kappa shape index (κ3) is 1.49. The van der Waals surface area contributed by atoms with Crippen LogP contribution in [0.15, 0.2) is 0 Å². The van der Waals surface area contributed by atoms with Gasteiger partial charge in [0, 0.05) is 0 Å². The SMILES string of the molecule is [CH2]C(C(=O)O)C1CCCC1. The molecular weight excluding hydrogens is 128 g/mol. The van der Waals surface area contributed by atoms with E-state index in [1.165, 1.54) is 12.8 Å². The Morgan fingerprint density at radius 1 is 1.50 bits per heavy atom. The van der Waals surface area contributed by atoms with Crippen LogP contribution in [0, 0.1) is 18.8 Å². The van der Waals surface area contributed by atoms with Crippen molar-refractivity contribution in [2.75, 3.05) is 0 Å². The summed E-state index contributed by atoms with van der Waals surface area (Å²) in [5.74, 6) is -0.771. The Hall–Kier alpha value is -0.530. The molecule has 0 bridgehead atoms. The lowest BCUT2D eigenvalue weighted by molar-refractivity contribution is -0.141. The minimum atomic E-state index is -0.744. The average Bonchev–Trinajstić information content (AvgIpc) is 2.36. The molecule has 1 unspecified atom stereocenters. The molecule has 0 heterocycles. The van der Waals surface area contributed by atoms with Crippen LogP contribution in [0.3, 0.4) is 0 Å². The van der Waals surface area contributed by atoms with E-state index < -0.39 is 5.97 Å². The fraction of sp³-hybridized carbons (Fsp3) is 0.750. The highest BCUT2D eigenvalue weighted by Gasteiger charge is 2.26. The standard InChI is InChI=1S/C8H13O2/c1-6(8(9)10)7-4-2-3-5-7/h6-7H,1-5H2,(H,9,10). The van der Waals surface area contributed by atoms with Crippen LogP contribution in [0.1, 0.15) is 25.7 Å². The van der Waals surface area contributed by atoms with Crippen LogP contribution in [0.25, 0.3) is 0 Å². The second kappa shape index (κ2) is 3.04. The van der Waals surface area contributed by atoms with E-state index in [2.05, 4.69) is 6.92 Å². The van der Waals surface area contributed by atoms with Crippen LogP contribution >= 0.6 is 0 Å². The van der Waals surface area contributed by atoms with Crippen molar-refractivity contribution < 1.29 is 9.90 Å². The number of rotatable bonds is 2. The number of hydrogen-bond donors (Lipinski definition) is 1. The fourth-order valence-electron chi connectivity index (χ4n) is 1.56. The van der Waals surface area contributed by atoms with Gasteiger partial charge in [-0.2, -0.15) is 0 Å². The summed E-state index contributed by atoms with van der Waals surface area (Å²) in [6.07, 6.45) is 4.48. The molecular formula is C8H13O2. The Bertz CT molecular complexity index is 125. The smallest absolute Gasteiger partial charge is 0.306 e. The van der Waals surface area contributed by atoms with Gasteiger partial charge in [0.2, 0.25) is 0 Å². The number of aliphatic carboxylic acids is 1. The van der Waals surface area contributed by atoms with Gasteiger partial charge in [0.1, 0.15) is 0 Å². The topological polar surface area (TPSA) is 37.3 Å². The first kappa shape index (κ1) is 7.58. The van der Waals surface area contributed by atoms with Crippen LogP contribution < -0.4 is 0 Å². The third-order valence-corrected chi connectivity index (χ3v) is 2.29. The number of hydrogen-bond acceptors (Lipinski definition) is 1. The first-order chi connectivity index (χ1) is 4.72. The second-order valence-corrected chi connectivity index (χ2v) is 2.99. The van der Waals surface area contributed by atoms with Crippen LogP contribution in [-0.4, -0.2) is 11.1 Å². The maximum Gasteiger partial charge on any atom is 0.306 e. The Balaban J connectivity index is 2.39. The summed E-state index contributed by atoms with van der Waals surface area (Å²) in [6.45, 7) is 3.62. The summed E-state index contributed by atoms with van der Waals surface area (Å²) in [4.78, 5) is 10.4. The van der Waals surface area contributed by atoms with E-state index in [1.807, 2.05) is 0 Å². The summed E-state index contributed by atoms with van der Waals surface area (Å²) in [5.41, 5.74) is 0. The molecule has 1 fully saturated rings. The zero-order valence-corrected chi connectivity index (χ0v) is 6.05. The number of carbonyl (C=O) groups is 1. The molecule has 10 heavy (non-hydrogen) atoms. The van der Waals surface area contributed by atoms with Crippen LogP contribution in [0.5, 0.6) is 0 Å². The van der Waals surface area contributed by atoms with E-state index in [0.717, 1.165) is 12.8 Å². The lowest BCUT2D eigenvalue weighted by atomic mass is 9.93. The van der Waals surface area contributed by atoms with E-state index >= 15 is 0 Å². The van der Waals surface area contributed by atoms with E-state index in [4.69, 9.17) is 5.11 Å². The lowest BCUT2D eigenvalue weighted by Crippen LogP contribution is -2.18. The maximum absolute atomic E-state index is 10.4. The van der Waals surface area contributed by atoms with Crippen molar-refractivity contribution in [3.8, 4) is 0 Å². The van der Waals surface area contributed by atoms with E-state index in [9.17, 15) is 4.79 Å². The third-order valence-electron chi connectivity index (χ3n) is 2.29. The predicted molar refractivity (Wildman–Crippen MR) is 38.4 cm³/mol. The highest BCUT2D eigenvalue weighted by molar-refractivity contribution is 5.71. The average molecular weight is 141 g/mol. The van der Waals surface area contributed by atoms with Gasteiger partial charge < -0.3 is 5.11 Å². The molecule has 0 aromatic carbocycles. The first-order valence-corrected chi connectivity index (χ1v) is 3.77. The molecule has 57 valence electrons. The molecule has 1 N–H and O–H groups in total. The van der Waals surface area contributed by atoms with Gasteiger partial charge in [-0.25, -0.2) is 0 Å². The van der Waals surface area contributed by atoms with Gasteiger partial charge in [-0.3, -0.25) is 4.79 Å². The Kier molecular flexibility index (Phi) is 2.30. The summed E-state index contributed by atoms with van der Waals surface area (Å²) in [5, 5.41) is 8.58. The van der Waals surface area contributed by atoms with E-state index in [0.29, 0.717) is 5.92 Å². The summed E-state index contributed by atoms with van der Waals surface area (Å²) < 4.78 is 0. The van der Waals surface area contributed by atoms with Gasteiger partial charge in [-0.05, 0) is 25.7 Å². The normalized spacial score (nSPS) is 22.9. The molecule has 0 spiro atoms. The molecule has 0 saturated heterocycles. The van der Waals surface area contributed by atoms with Gasteiger partial charge in [0.05, 0.1) is 5.92 Å².